The van der Waals surface area contributed by atoms with Gasteiger partial charge in [-0.3, -0.25) is 5.32 Å². The van der Waals surface area contributed by atoms with Crippen LogP contribution in [0.5, 0.6) is 0 Å². The lowest BCUT2D eigenvalue weighted by Gasteiger charge is -2.22. The fraction of sp³-hybridized carbons (Fsp3) is 0.529. The normalized spacial score (nSPS) is 15.5. The van der Waals surface area contributed by atoms with Crippen LogP contribution in [0, 0.1) is 0 Å². The van der Waals surface area contributed by atoms with Crippen molar-refractivity contribution in [1.29, 1.82) is 0 Å². The molecule has 1 amide bonds. The van der Waals surface area contributed by atoms with Gasteiger partial charge in [-0.1, -0.05) is 33.8 Å². The summed E-state index contributed by atoms with van der Waals surface area (Å²) in [5, 5.41) is 15.5. The minimum absolute atomic E-state index is 0.0373. The molecule has 25 heavy (non-hydrogen) atoms. The molecule has 0 saturated heterocycles. The number of rotatable bonds is 4. The zero-order chi connectivity index (χ0) is 18.6. The second-order valence-electron chi connectivity index (χ2n) is 7.52. The molecule has 1 fully saturated rings. The minimum Gasteiger partial charge on any atom is -0.465 e. The Balaban J connectivity index is 2.41. The summed E-state index contributed by atoms with van der Waals surface area (Å²) in [5.74, 6) is 0.209. The van der Waals surface area contributed by atoms with Gasteiger partial charge in [0, 0.05) is 6.20 Å². The lowest BCUT2D eigenvalue weighted by atomic mass is 9.85. The highest BCUT2D eigenvalue weighted by Crippen LogP contribution is 2.43. The molecule has 2 aromatic heterocycles. The van der Waals surface area contributed by atoms with E-state index in [1.165, 1.54) is 4.52 Å². The molecule has 2 N–H and O–H groups in total. The van der Waals surface area contributed by atoms with E-state index in [-0.39, 0.29) is 21.9 Å². The average molecular weight is 365 g/mol. The molecule has 0 radical (unpaired) electrons. The number of hydrogen-bond acceptors (Lipinski definition) is 4. The highest BCUT2D eigenvalue weighted by molar-refractivity contribution is 7.91. The van der Waals surface area contributed by atoms with Crippen LogP contribution in [-0.2, 0) is 15.3 Å². The first-order chi connectivity index (χ1) is 11.5. The van der Waals surface area contributed by atoms with Crippen LogP contribution >= 0.6 is 0 Å². The van der Waals surface area contributed by atoms with Crippen LogP contribution in [-0.4, -0.2) is 35.0 Å². The maximum atomic E-state index is 12.7. The second kappa shape index (κ2) is 5.72. The Bertz CT molecular complexity index is 950. The van der Waals surface area contributed by atoms with Gasteiger partial charge >= 0.3 is 6.09 Å². The summed E-state index contributed by atoms with van der Waals surface area (Å²) in [6, 6.07) is 2.05. The van der Waals surface area contributed by atoms with Gasteiger partial charge in [0.05, 0.1) is 11.3 Å². The Morgan fingerprint density at radius 3 is 2.52 bits per heavy atom. The number of aromatic nitrogens is 2. The van der Waals surface area contributed by atoms with Crippen molar-refractivity contribution in [3.63, 3.8) is 0 Å². The van der Waals surface area contributed by atoms with Crippen LogP contribution in [0.4, 0.5) is 10.6 Å². The largest absolute Gasteiger partial charge is 0.465 e. The number of nitrogens with zero attached hydrogens (tertiary/aromatic N) is 2. The fourth-order valence-corrected chi connectivity index (χ4v) is 4.18. The summed E-state index contributed by atoms with van der Waals surface area (Å²) >= 11 is 0. The zero-order valence-corrected chi connectivity index (χ0v) is 15.6. The van der Waals surface area contributed by atoms with Crippen molar-refractivity contribution >= 4 is 27.3 Å². The van der Waals surface area contributed by atoms with E-state index < -0.39 is 15.9 Å². The lowest BCUT2D eigenvalue weighted by Crippen LogP contribution is -2.16. The van der Waals surface area contributed by atoms with Crippen molar-refractivity contribution in [2.45, 2.75) is 56.8 Å². The first-order valence-electron chi connectivity index (χ1n) is 8.34. The molecular weight excluding hydrogens is 342 g/mol. The van der Waals surface area contributed by atoms with Gasteiger partial charge in [-0.25, -0.2) is 17.7 Å². The average Bonchev–Trinajstić information content (AvgIpc) is 3.26. The standard InChI is InChI=1S/C17H23N3O4S/c1-5-25(23,24)14-13-12(17(2,3)4)8-11(10-6-7-10)9-20(13)19-15(14)18-16(21)22/h8-10H,5-7H2,1-4H3,(H,18,19)(H,21,22). The van der Waals surface area contributed by atoms with Crippen molar-refractivity contribution < 1.29 is 18.3 Å². The van der Waals surface area contributed by atoms with Crippen LogP contribution < -0.4 is 5.32 Å². The predicted molar refractivity (Wildman–Crippen MR) is 95.2 cm³/mol. The molecule has 8 heteroatoms. The minimum atomic E-state index is -3.67. The third kappa shape index (κ3) is 3.22. The van der Waals surface area contributed by atoms with Crippen LogP contribution in [0.2, 0.25) is 0 Å². The van der Waals surface area contributed by atoms with Crippen molar-refractivity contribution in [2.24, 2.45) is 0 Å². The molecule has 3 rings (SSSR count). The van der Waals surface area contributed by atoms with E-state index in [0.717, 1.165) is 24.0 Å². The monoisotopic (exact) mass is 365 g/mol. The molecular formula is C17H23N3O4S. The molecule has 0 aliphatic heterocycles. The molecule has 2 aromatic rings. The first kappa shape index (κ1) is 17.7. The highest BCUT2D eigenvalue weighted by atomic mass is 32.2. The van der Waals surface area contributed by atoms with Gasteiger partial charge in [0.15, 0.2) is 15.7 Å². The molecule has 0 atom stereocenters. The summed E-state index contributed by atoms with van der Waals surface area (Å²) in [7, 11) is -3.67. The number of pyridine rings is 1. The molecule has 1 aliphatic carbocycles. The SMILES string of the molecule is CCS(=O)(=O)c1c(NC(=O)O)nn2cc(C3CC3)cc(C(C)(C)C)c12. The van der Waals surface area contributed by atoms with E-state index in [0.29, 0.717) is 11.4 Å². The molecule has 0 unspecified atom stereocenters. The van der Waals surface area contributed by atoms with Gasteiger partial charge < -0.3 is 5.11 Å². The van der Waals surface area contributed by atoms with E-state index in [9.17, 15) is 13.2 Å². The van der Waals surface area contributed by atoms with Crippen molar-refractivity contribution in [3.8, 4) is 0 Å². The van der Waals surface area contributed by atoms with E-state index in [2.05, 4.69) is 10.4 Å². The van der Waals surface area contributed by atoms with Gasteiger partial charge in [-0.05, 0) is 35.3 Å². The third-order valence-corrected chi connectivity index (χ3v) is 6.25. The molecule has 1 aliphatic rings. The molecule has 136 valence electrons. The first-order valence-corrected chi connectivity index (χ1v) is 9.99. The molecule has 2 heterocycles. The van der Waals surface area contributed by atoms with Gasteiger partial charge in [0.25, 0.3) is 0 Å². The molecule has 0 aromatic carbocycles. The smallest absolute Gasteiger partial charge is 0.410 e. The molecule has 0 bridgehead atoms. The topological polar surface area (TPSA) is 101 Å². The van der Waals surface area contributed by atoms with Gasteiger partial charge in [0.2, 0.25) is 0 Å². The van der Waals surface area contributed by atoms with Crippen LogP contribution in [0.15, 0.2) is 17.2 Å². The van der Waals surface area contributed by atoms with E-state index in [1.807, 2.05) is 33.0 Å². The summed E-state index contributed by atoms with van der Waals surface area (Å²) in [5.41, 5.74) is 2.12. The number of nitrogens with one attached hydrogen (secondary N) is 1. The number of hydrogen-bond donors (Lipinski definition) is 2. The summed E-state index contributed by atoms with van der Waals surface area (Å²) in [6.07, 6.45) is 2.70. The van der Waals surface area contributed by atoms with Gasteiger partial charge in [0.1, 0.15) is 4.90 Å². The maximum Gasteiger partial charge on any atom is 0.410 e. The Labute approximate surface area is 147 Å². The van der Waals surface area contributed by atoms with Gasteiger partial charge in [-0.15, -0.1) is 5.10 Å². The Morgan fingerprint density at radius 2 is 2.04 bits per heavy atom. The summed E-state index contributed by atoms with van der Waals surface area (Å²) < 4.78 is 26.9. The van der Waals surface area contributed by atoms with Crippen LogP contribution in [0.25, 0.3) is 5.52 Å². The highest BCUT2D eigenvalue weighted by Gasteiger charge is 2.33. The number of sulfone groups is 1. The van der Waals surface area contributed by atoms with Crippen molar-refractivity contribution in [2.75, 3.05) is 11.1 Å². The molecule has 7 nitrogen and oxygen atoms in total. The van der Waals surface area contributed by atoms with Crippen LogP contribution in [0.1, 0.15) is 57.6 Å². The number of carboxylic acid groups (broad SMARTS) is 1. The predicted octanol–water partition coefficient (Wildman–Crippen LogP) is 3.39. The van der Waals surface area contributed by atoms with E-state index >= 15 is 0 Å². The number of amides is 1. The van der Waals surface area contributed by atoms with E-state index in [1.54, 1.807) is 6.92 Å². The van der Waals surface area contributed by atoms with Crippen molar-refractivity contribution in [3.05, 3.63) is 23.4 Å². The Morgan fingerprint density at radius 1 is 1.40 bits per heavy atom. The number of fused-ring (bicyclic) bond motifs is 1. The summed E-state index contributed by atoms with van der Waals surface area (Å²) in [6.45, 7) is 7.58. The molecule has 0 spiro atoms. The number of anilines is 1. The van der Waals surface area contributed by atoms with Crippen LogP contribution in [0.3, 0.4) is 0 Å². The Kier molecular flexibility index (Phi) is 4.06. The third-order valence-electron chi connectivity index (χ3n) is 4.48. The van der Waals surface area contributed by atoms with Crippen molar-refractivity contribution in [1.82, 2.24) is 9.61 Å². The number of carbonyl (C=O) groups is 1. The quantitative estimate of drug-likeness (QED) is 0.865. The maximum absolute atomic E-state index is 12.7. The summed E-state index contributed by atoms with van der Waals surface area (Å²) in [4.78, 5) is 11.1. The van der Waals surface area contributed by atoms with E-state index in [4.69, 9.17) is 5.11 Å². The second-order valence-corrected chi connectivity index (χ2v) is 9.73. The van der Waals surface area contributed by atoms with Gasteiger partial charge in [-0.2, -0.15) is 0 Å². The Hall–Kier alpha value is -2.09. The fourth-order valence-electron chi connectivity index (χ4n) is 3.01. The lowest BCUT2D eigenvalue weighted by molar-refractivity contribution is 0.209. The zero-order valence-electron chi connectivity index (χ0n) is 14.8. The molecule has 1 saturated carbocycles.